The molecule has 0 amide bonds. The first-order chi connectivity index (χ1) is 7.95. The molecule has 5 nitrogen and oxygen atoms in total. The molecule has 0 aliphatic carbocycles. The van der Waals surface area contributed by atoms with Crippen molar-refractivity contribution in [3.8, 4) is 0 Å². The highest BCUT2D eigenvalue weighted by Crippen LogP contribution is 2.27. The maximum atomic E-state index is 12.2. The van der Waals surface area contributed by atoms with Gasteiger partial charge in [-0.15, -0.1) is 11.3 Å². The summed E-state index contributed by atoms with van der Waals surface area (Å²) < 4.78 is 25.7. The zero-order chi connectivity index (χ0) is 12.6. The molecule has 2 rings (SSSR count). The van der Waals surface area contributed by atoms with E-state index >= 15 is 0 Å². The van der Waals surface area contributed by atoms with Crippen molar-refractivity contribution in [3.05, 3.63) is 17.0 Å². The van der Waals surface area contributed by atoms with E-state index in [4.69, 9.17) is 0 Å². The summed E-state index contributed by atoms with van der Waals surface area (Å²) in [5.74, 6) is 0. The fraction of sp³-hybridized carbons (Fsp3) is 0.600. The van der Waals surface area contributed by atoms with Gasteiger partial charge in [-0.25, -0.2) is 8.42 Å². The Balaban J connectivity index is 2.25. The van der Waals surface area contributed by atoms with Crippen LogP contribution in [0.5, 0.6) is 0 Å². The first-order valence-electron chi connectivity index (χ1n) is 5.40. The van der Waals surface area contributed by atoms with Gasteiger partial charge in [0, 0.05) is 18.0 Å². The van der Waals surface area contributed by atoms with Crippen LogP contribution in [0.3, 0.4) is 0 Å². The number of thiophene rings is 1. The van der Waals surface area contributed by atoms with Gasteiger partial charge in [-0.05, 0) is 18.6 Å². The third-order valence-corrected chi connectivity index (χ3v) is 6.33. The average molecular weight is 277 g/mol. The molecule has 2 atom stereocenters. The van der Waals surface area contributed by atoms with Gasteiger partial charge in [0.05, 0.1) is 12.2 Å². The molecule has 0 saturated carbocycles. The van der Waals surface area contributed by atoms with E-state index in [0.717, 1.165) is 15.6 Å². The number of aliphatic hydroxyl groups excluding tert-OH is 2. The Morgan fingerprint density at radius 1 is 1.35 bits per heavy atom. The molecule has 7 heteroatoms. The van der Waals surface area contributed by atoms with Crippen LogP contribution in [0.4, 0.5) is 0 Å². The number of hydrogen-bond donors (Lipinski definition) is 2. The predicted octanol–water partition coefficient (Wildman–Crippen LogP) is 0.0366. The third-order valence-electron chi connectivity index (χ3n) is 2.81. The standard InChI is InChI=1S/C10H15NO4S2/c1-2-7-3-4-10(16-7)17(14,15)11-5-8(12)9(13)6-11/h3-4,8-9,12-13H,2,5-6H2,1H3/t8-,9+. The second-order valence-corrected chi connectivity index (χ2v) is 7.36. The number of rotatable bonds is 3. The fourth-order valence-corrected chi connectivity index (χ4v) is 4.67. The molecular weight excluding hydrogens is 262 g/mol. The lowest BCUT2D eigenvalue weighted by atomic mass is 10.3. The van der Waals surface area contributed by atoms with Gasteiger partial charge in [0.15, 0.2) is 0 Å². The lowest BCUT2D eigenvalue weighted by molar-refractivity contribution is 0.0572. The summed E-state index contributed by atoms with van der Waals surface area (Å²) in [6, 6.07) is 3.37. The second-order valence-electron chi connectivity index (χ2n) is 4.03. The Labute approximate surface area is 104 Å². The Kier molecular flexibility index (Phi) is 3.55. The molecule has 0 spiro atoms. The van der Waals surface area contributed by atoms with Crippen molar-refractivity contribution < 1.29 is 18.6 Å². The van der Waals surface area contributed by atoms with E-state index in [1.165, 1.54) is 11.3 Å². The minimum Gasteiger partial charge on any atom is -0.389 e. The summed E-state index contributed by atoms with van der Waals surface area (Å²) in [6.45, 7) is 1.89. The first kappa shape index (κ1) is 13.0. The minimum absolute atomic E-state index is 0.0388. The van der Waals surface area contributed by atoms with Crippen LogP contribution in [0.1, 0.15) is 11.8 Å². The molecule has 1 aliphatic heterocycles. The van der Waals surface area contributed by atoms with E-state index in [1.807, 2.05) is 6.92 Å². The van der Waals surface area contributed by atoms with Crippen LogP contribution in [-0.4, -0.2) is 48.2 Å². The van der Waals surface area contributed by atoms with Gasteiger partial charge in [-0.1, -0.05) is 6.92 Å². The number of aliphatic hydroxyl groups is 2. The van der Waals surface area contributed by atoms with Crippen molar-refractivity contribution in [2.75, 3.05) is 13.1 Å². The van der Waals surface area contributed by atoms with Gasteiger partial charge in [-0.3, -0.25) is 0 Å². The van der Waals surface area contributed by atoms with Gasteiger partial charge in [0.25, 0.3) is 10.0 Å². The number of nitrogens with zero attached hydrogens (tertiary/aromatic N) is 1. The molecular formula is C10H15NO4S2. The summed E-state index contributed by atoms with van der Waals surface area (Å²) in [5.41, 5.74) is 0. The lowest BCUT2D eigenvalue weighted by Crippen LogP contribution is -2.29. The quantitative estimate of drug-likeness (QED) is 0.817. The molecule has 0 bridgehead atoms. The Morgan fingerprint density at radius 3 is 2.41 bits per heavy atom. The van der Waals surface area contributed by atoms with Crippen molar-refractivity contribution in [1.29, 1.82) is 0 Å². The number of aryl methyl sites for hydroxylation is 1. The molecule has 1 aliphatic rings. The van der Waals surface area contributed by atoms with Crippen LogP contribution < -0.4 is 0 Å². The van der Waals surface area contributed by atoms with Gasteiger partial charge in [0.1, 0.15) is 4.21 Å². The van der Waals surface area contributed by atoms with Crippen molar-refractivity contribution in [2.24, 2.45) is 0 Å². The van der Waals surface area contributed by atoms with E-state index in [9.17, 15) is 18.6 Å². The SMILES string of the molecule is CCc1ccc(S(=O)(=O)N2C[C@@H](O)[C@@H](O)C2)s1. The molecule has 96 valence electrons. The molecule has 1 aromatic heterocycles. The number of sulfonamides is 1. The monoisotopic (exact) mass is 277 g/mol. The molecule has 0 aromatic carbocycles. The molecule has 1 saturated heterocycles. The minimum atomic E-state index is -3.56. The van der Waals surface area contributed by atoms with Crippen LogP contribution >= 0.6 is 11.3 Å². The zero-order valence-electron chi connectivity index (χ0n) is 9.41. The van der Waals surface area contributed by atoms with Gasteiger partial charge in [-0.2, -0.15) is 4.31 Å². The van der Waals surface area contributed by atoms with Crippen LogP contribution in [0.15, 0.2) is 16.3 Å². The topological polar surface area (TPSA) is 77.8 Å². The van der Waals surface area contributed by atoms with E-state index in [1.54, 1.807) is 12.1 Å². The highest BCUT2D eigenvalue weighted by Gasteiger charge is 2.38. The maximum Gasteiger partial charge on any atom is 0.252 e. The smallest absolute Gasteiger partial charge is 0.252 e. The molecule has 2 heterocycles. The lowest BCUT2D eigenvalue weighted by Gasteiger charge is -2.13. The van der Waals surface area contributed by atoms with Crippen LogP contribution in [0, 0.1) is 0 Å². The number of β-amino-alcohol motifs (C(OH)–C–C–N with tert-alkyl or cyclic N) is 2. The Bertz CT molecular complexity index is 486. The van der Waals surface area contributed by atoms with Crippen LogP contribution in [0.2, 0.25) is 0 Å². The fourth-order valence-electron chi connectivity index (χ4n) is 1.75. The third kappa shape index (κ3) is 2.38. The largest absolute Gasteiger partial charge is 0.389 e. The summed E-state index contributed by atoms with van der Waals surface area (Å²) in [4.78, 5) is 1.00. The number of hydrogen-bond acceptors (Lipinski definition) is 5. The predicted molar refractivity (Wildman–Crippen MR) is 64.5 cm³/mol. The normalized spacial score (nSPS) is 26.5. The van der Waals surface area contributed by atoms with E-state index in [0.29, 0.717) is 0 Å². The highest BCUT2D eigenvalue weighted by atomic mass is 32.2. The Hall–Kier alpha value is -0.470. The summed E-state index contributed by atoms with van der Waals surface area (Å²) in [6.07, 6.45) is -1.18. The van der Waals surface area contributed by atoms with Crippen molar-refractivity contribution >= 4 is 21.4 Å². The summed E-state index contributed by atoms with van der Waals surface area (Å²) in [7, 11) is -3.56. The maximum absolute atomic E-state index is 12.2. The van der Waals surface area contributed by atoms with E-state index < -0.39 is 22.2 Å². The average Bonchev–Trinajstić information content (AvgIpc) is 2.87. The first-order valence-corrected chi connectivity index (χ1v) is 7.65. The zero-order valence-corrected chi connectivity index (χ0v) is 11.0. The molecule has 17 heavy (non-hydrogen) atoms. The van der Waals surface area contributed by atoms with Gasteiger partial charge >= 0.3 is 0 Å². The van der Waals surface area contributed by atoms with Gasteiger partial charge in [0.2, 0.25) is 0 Å². The molecule has 0 unspecified atom stereocenters. The Morgan fingerprint density at radius 2 is 1.94 bits per heavy atom. The molecule has 0 radical (unpaired) electrons. The van der Waals surface area contributed by atoms with Crippen LogP contribution in [-0.2, 0) is 16.4 Å². The van der Waals surface area contributed by atoms with Crippen molar-refractivity contribution in [3.63, 3.8) is 0 Å². The summed E-state index contributed by atoms with van der Waals surface area (Å²) >= 11 is 1.24. The second kappa shape index (κ2) is 4.66. The van der Waals surface area contributed by atoms with Crippen molar-refractivity contribution in [2.45, 2.75) is 29.8 Å². The van der Waals surface area contributed by atoms with E-state index in [2.05, 4.69) is 0 Å². The van der Waals surface area contributed by atoms with Crippen LogP contribution in [0.25, 0.3) is 0 Å². The molecule has 1 fully saturated rings. The summed E-state index contributed by atoms with van der Waals surface area (Å²) in [5, 5.41) is 18.8. The molecule has 1 aromatic rings. The van der Waals surface area contributed by atoms with E-state index in [-0.39, 0.29) is 17.3 Å². The van der Waals surface area contributed by atoms with Crippen molar-refractivity contribution in [1.82, 2.24) is 4.31 Å². The highest BCUT2D eigenvalue weighted by molar-refractivity contribution is 7.91. The van der Waals surface area contributed by atoms with Gasteiger partial charge < -0.3 is 10.2 Å². The molecule has 2 N–H and O–H groups in total.